The van der Waals surface area contributed by atoms with Gasteiger partial charge in [0.1, 0.15) is 0 Å². The predicted molar refractivity (Wildman–Crippen MR) is 59.4 cm³/mol. The van der Waals surface area contributed by atoms with E-state index in [2.05, 4.69) is 6.92 Å². The van der Waals surface area contributed by atoms with Crippen LogP contribution in [0, 0.1) is 5.92 Å². The maximum absolute atomic E-state index is 11.0. The summed E-state index contributed by atoms with van der Waals surface area (Å²) in [6.07, 6.45) is 2.79. The van der Waals surface area contributed by atoms with Gasteiger partial charge in [0.05, 0.1) is 5.57 Å². The van der Waals surface area contributed by atoms with Gasteiger partial charge in [0.2, 0.25) is 0 Å². The Morgan fingerprint density at radius 3 is 2.86 bits per heavy atom. The molecule has 0 fully saturated rings. The van der Waals surface area contributed by atoms with Crippen LogP contribution in [0.3, 0.4) is 0 Å². The van der Waals surface area contributed by atoms with Gasteiger partial charge < -0.3 is 5.11 Å². The molecule has 0 saturated carbocycles. The lowest BCUT2D eigenvalue weighted by Gasteiger charge is -2.04. The topological polar surface area (TPSA) is 37.3 Å². The van der Waals surface area contributed by atoms with Crippen LogP contribution in [0.15, 0.2) is 23.6 Å². The van der Waals surface area contributed by atoms with Gasteiger partial charge in [-0.15, -0.1) is 11.3 Å². The van der Waals surface area contributed by atoms with E-state index in [1.165, 1.54) is 11.3 Å². The highest BCUT2D eigenvalue weighted by molar-refractivity contribution is 7.11. The Kier molecular flexibility index (Phi) is 3.89. The fraction of sp³-hybridized carbons (Fsp3) is 0.364. The van der Waals surface area contributed by atoms with E-state index >= 15 is 0 Å². The van der Waals surface area contributed by atoms with E-state index in [0.29, 0.717) is 11.5 Å². The molecular weight excluding hydrogens is 196 g/mol. The second kappa shape index (κ2) is 4.96. The number of hydrogen-bond acceptors (Lipinski definition) is 2. The molecule has 1 N–H and O–H groups in total. The molecule has 2 nitrogen and oxygen atoms in total. The molecule has 76 valence electrons. The van der Waals surface area contributed by atoms with Gasteiger partial charge in [-0.2, -0.15) is 0 Å². The molecule has 0 aliphatic carbocycles. The zero-order valence-electron chi connectivity index (χ0n) is 8.36. The zero-order chi connectivity index (χ0) is 10.6. The summed E-state index contributed by atoms with van der Waals surface area (Å²) in [5.74, 6) is -0.532. The van der Waals surface area contributed by atoms with Crippen molar-refractivity contribution < 1.29 is 9.90 Å². The van der Waals surface area contributed by atoms with Crippen molar-refractivity contribution in [3.63, 3.8) is 0 Å². The summed E-state index contributed by atoms with van der Waals surface area (Å²) in [6, 6.07) is 3.71. The monoisotopic (exact) mass is 210 g/mol. The van der Waals surface area contributed by atoms with Crippen molar-refractivity contribution in [3.05, 3.63) is 28.5 Å². The molecule has 14 heavy (non-hydrogen) atoms. The Hall–Kier alpha value is -1.09. The predicted octanol–water partition coefficient (Wildman–Crippen LogP) is 3.26. The Balaban J connectivity index is 2.97. The Labute approximate surface area is 87.9 Å². The van der Waals surface area contributed by atoms with Crippen molar-refractivity contribution in [2.45, 2.75) is 20.3 Å². The van der Waals surface area contributed by atoms with Crippen molar-refractivity contribution in [1.82, 2.24) is 0 Å². The van der Waals surface area contributed by atoms with Crippen LogP contribution in [0.2, 0.25) is 0 Å². The summed E-state index contributed by atoms with van der Waals surface area (Å²) < 4.78 is 0. The molecule has 1 rings (SSSR count). The van der Waals surface area contributed by atoms with Crippen molar-refractivity contribution in [1.29, 1.82) is 0 Å². The quantitative estimate of drug-likeness (QED) is 0.774. The number of hydrogen-bond donors (Lipinski definition) is 1. The largest absolute Gasteiger partial charge is 0.478 e. The van der Waals surface area contributed by atoms with Gasteiger partial charge in [-0.25, -0.2) is 4.79 Å². The van der Waals surface area contributed by atoms with E-state index in [0.717, 1.165) is 11.3 Å². The highest BCUT2D eigenvalue weighted by Crippen LogP contribution is 2.22. The van der Waals surface area contributed by atoms with Crippen molar-refractivity contribution in [2.75, 3.05) is 0 Å². The van der Waals surface area contributed by atoms with E-state index in [-0.39, 0.29) is 0 Å². The van der Waals surface area contributed by atoms with Crippen LogP contribution in [0.5, 0.6) is 0 Å². The van der Waals surface area contributed by atoms with E-state index in [9.17, 15) is 4.79 Å². The minimum Gasteiger partial charge on any atom is -0.478 e. The Morgan fingerprint density at radius 2 is 2.43 bits per heavy atom. The minimum absolute atomic E-state index is 0.309. The van der Waals surface area contributed by atoms with Gasteiger partial charge in [-0.1, -0.05) is 32.4 Å². The second-order valence-electron chi connectivity index (χ2n) is 3.25. The van der Waals surface area contributed by atoms with E-state index < -0.39 is 5.97 Å². The lowest BCUT2D eigenvalue weighted by atomic mass is 10.0. The first-order valence-electron chi connectivity index (χ1n) is 4.64. The normalized spacial score (nSPS) is 14.0. The average Bonchev–Trinajstić information content (AvgIpc) is 2.65. The maximum atomic E-state index is 11.0. The molecular formula is C11H14O2S. The maximum Gasteiger partial charge on any atom is 0.336 e. The summed E-state index contributed by atoms with van der Waals surface area (Å²) >= 11 is 1.46. The number of rotatable bonds is 4. The molecule has 0 radical (unpaired) electrons. The Morgan fingerprint density at radius 1 is 1.71 bits per heavy atom. The highest BCUT2D eigenvalue weighted by Gasteiger charge is 2.11. The minimum atomic E-state index is -0.840. The van der Waals surface area contributed by atoms with Crippen LogP contribution in [-0.2, 0) is 4.79 Å². The van der Waals surface area contributed by atoms with Crippen molar-refractivity contribution >= 4 is 22.9 Å². The lowest BCUT2D eigenvalue weighted by Crippen LogP contribution is -2.00. The van der Waals surface area contributed by atoms with Crippen LogP contribution in [0.4, 0.5) is 0 Å². The Bertz CT molecular complexity index is 325. The average molecular weight is 210 g/mol. The number of carboxylic acids is 1. The molecule has 0 bridgehead atoms. The summed E-state index contributed by atoms with van der Waals surface area (Å²) in [4.78, 5) is 11.8. The van der Waals surface area contributed by atoms with Gasteiger partial charge in [-0.3, -0.25) is 0 Å². The molecule has 1 unspecified atom stereocenters. The molecule has 0 spiro atoms. The van der Waals surface area contributed by atoms with Gasteiger partial charge in [-0.05, 0) is 17.4 Å². The molecule has 1 aromatic heterocycles. The molecule has 0 aliphatic heterocycles. The van der Waals surface area contributed by atoms with Gasteiger partial charge >= 0.3 is 5.97 Å². The van der Waals surface area contributed by atoms with E-state index in [1.54, 1.807) is 0 Å². The molecule has 0 aliphatic rings. The molecule has 0 amide bonds. The smallest absolute Gasteiger partial charge is 0.336 e. The molecule has 0 saturated heterocycles. The first-order chi connectivity index (χ1) is 6.65. The second-order valence-corrected chi connectivity index (χ2v) is 4.20. The van der Waals surface area contributed by atoms with Gasteiger partial charge in [0, 0.05) is 4.88 Å². The summed E-state index contributed by atoms with van der Waals surface area (Å²) in [6.45, 7) is 4.08. The number of thiophene rings is 1. The third kappa shape index (κ3) is 2.70. The van der Waals surface area contributed by atoms with Crippen molar-refractivity contribution in [2.24, 2.45) is 5.92 Å². The number of allylic oxidation sites excluding steroid dienone is 1. The third-order valence-electron chi connectivity index (χ3n) is 2.11. The fourth-order valence-electron chi connectivity index (χ4n) is 1.09. The first kappa shape index (κ1) is 11.0. The third-order valence-corrected chi connectivity index (χ3v) is 3.02. The number of carbonyl (C=O) groups is 1. The van der Waals surface area contributed by atoms with E-state index in [4.69, 9.17) is 5.11 Å². The number of aliphatic carboxylic acids is 1. The van der Waals surface area contributed by atoms with Crippen LogP contribution < -0.4 is 0 Å². The van der Waals surface area contributed by atoms with Gasteiger partial charge in [0.15, 0.2) is 0 Å². The van der Waals surface area contributed by atoms with E-state index in [1.807, 2.05) is 30.5 Å². The zero-order valence-corrected chi connectivity index (χ0v) is 9.17. The van der Waals surface area contributed by atoms with Crippen LogP contribution in [0.1, 0.15) is 25.1 Å². The molecule has 3 heteroatoms. The van der Waals surface area contributed by atoms with Crippen molar-refractivity contribution in [3.8, 4) is 0 Å². The molecule has 1 atom stereocenters. The summed E-state index contributed by atoms with van der Waals surface area (Å²) in [7, 11) is 0. The lowest BCUT2D eigenvalue weighted by molar-refractivity contribution is -0.130. The fourth-order valence-corrected chi connectivity index (χ4v) is 1.84. The van der Waals surface area contributed by atoms with Gasteiger partial charge in [0.25, 0.3) is 0 Å². The highest BCUT2D eigenvalue weighted by atomic mass is 32.1. The molecule has 1 aromatic rings. The first-order valence-corrected chi connectivity index (χ1v) is 5.52. The van der Waals surface area contributed by atoms with Crippen LogP contribution in [-0.4, -0.2) is 11.1 Å². The summed E-state index contributed by atoms with van der Waals surface area (Å²) in [5.41, 5.74) is 0.425. The standard InChI is InChI=1S/C11H14O2S/c1-3-8(2)7-9(11(12)13)10-5-4-6-14-10/h4-8H,3H2,1-2H3,(H,12,13)/b9-7+. The summed E-state index contributed by atoms with van der Waals surface area (Å²) in [5, 5.41) is 10.9. The molecule has 1 heterocycles. The number of carboxylic acid groups (broad SMARTS) is 1. The van der Waals surface area contributed by atoms with Crippen LogP contribution in [0.25, 0.3) is 5.57 Å². The molecule has 0 aromatic carbocycles. The SMILES string of the molecule is CCC(C)/C=C(/C(=O)O)c1cccs1. The van der Waals surface area contributed by atoms with Crippen LogP contribution >= 0.6 is 11.3 Å².